The van der Waals surface area contributed by atoms with Gasteiger partial charge in [0.2, 0.25) is 10.0 Å². The Bertz CT molecular complexity index is 1050. The fraction of sp³-hybridized carbons (Fsp3) is 0.429. The van der Waals surface area contributed by atoms with E-state index in [9.17, 15) is 23.3 Å². The number of carbonyl (C=O) groups is 1. The first-order valence-corrected chi connectivity index (χ1v) is 11.6. The molecular formula is C21H29ClN4O6S. The number of nitro groups is 1. The second-order valence-corrected chi connectivity index (χ2v) is 9.56. The number of nitrogens with zero attached hydrogens (tertiary/aromatic N) is 3. The lowest BCUT2D eigenvalue weighted by atomic mass is 10.0. The highest BCUT2D eigenvalue weighted by Crippen LogP contribution is 2.24. The summed E-state index contributed by atoms with van der Waals surface area (Å²) in [6.07, 6.45) is 2.93. The monoisotopic (exact) mass is 500 g/mol. The van der Waals surface area contributed by atoms with E-state index >= 15 is 0 Å². The highest BCUT2D eigenvalue weighted by atomic mass is 35.5. The van der Waals surface area contributed by atoms with Crippen molar-refractivity contribution in [3.63, 3.8) is 0 Å². The van der Waals surface area contributed by atoms with Crippen molar-refractivity contribution < 1.29 is 22.9 Å². The van der Waals surface area contributed by atoms with Crippen molar-refractivity contribution in [3.8, 4) is 0 Å². The van der Waals surface area contributed by atoms with Gasteiger partial charge in [-0.25, -0.2) is 8.42 Å². The summed E-state index contributed by atoms with van der Waals surface area (Å²) in [5.41, 5.74) is 0.887. The van der Waals surface area contributed by atoms with E-state index in [1.165, 1.54) is 31.4 Å². The standard InChI is InChI=1S/C21H28N4O6S.ClH/c1-5-31-21(26)19(12-15(2)3)24(4)32(29,30)17-8-6-16(7-9-17)13-23-18-10-11-22-14-20(18)25(27)28;/h6-11,14-15,19H,5,12-13H2,1-4H3,(H,22,23);1H. The number of nitrogens with one attached hydrogen (secondary N) is 1. The lowest BCUT2D eigenvalue weighted by Crippen LogP contribution is -2.44. The second kappa shape index (κ2) is 12.5. The minimum absolute atomic E-state index is 0. The number of esters is 1. The average Bonchev–Trinajstić information content (AvgIpc) is 2.76. The van der Waals surface area contributed by atoms with Crippen LogP contribution >= 0.6 is 12.4 Å². The van der Waals surface area contributed by atoms with Crippen LogP contribution in [0.3, 0.4) is 0 Å². The summed E-state index contributed by atoms with van der Waals surface area (Å²) >= 11 is 0. The van der Waals surface area contributed by atoms with E-state index in [1.54, 1.807) is 19.1 Å². The topological polar surface area (TPSA) is 132 Å². The van der Waals surface area contributed by atoms with Crippen molar-refractivity contribution in [2.75, 3.05) is 19.0 Å². The summed E-state index contributed by atoms with van der Waals surface area (Å²) in [6.45, 7) is 5.90. The van der Waals surface area contributed by atoms with Crippen LogP contribution in [0, 0.1) is 16.0 Å². The van der Waals surface area contributed by atoms with Crippen LogP contribution in [0.25, 0.3) is 0 Å². The molecule has 0 amide bonds. The number of hydrogen-bond acceptors (Lipinski definition) is 8. The van der Waals surface area contributed by atoms with Gasteiger partial charge in [0.05, 0.1) is 16.4 Å². The molecule has 33 heavy (non-hydrogen) atoms. The van der Waals surface area contributed by atoms with Crippen LogP contribution in [0.4, 0.5) is 11.4 Å². The predicted octanol–water partition coefficient (Wildman–Crippen LogP) is 3.62. The van der Waals surface area contributed by atoms with Gasteiger partial charge >= 0.3 is 11.7 Å². The van der Waals surface area contributed by atoms with E-state index < -0.39 is 27.0 Å². The number of carbonyl (C=O) groups excluding carboxylic acids is 1. The molecule has 0 aliphatic heterocycles. The summed E-state index contributed by atoms with van der Waals surface area (Å²) in [6, 6.07) is 6.69. The van der Waals surface area contributed by atoms with E-state index in [1.807, 2.05) is 13.8 Å². The van der Waals surface area contributed by atoms with Crippen LogP contribution in [0.5, 0.6) is 0 Å². The Labute approximate surface area is 200 Å². The Hall–Kier alpha value is -2.76. The van der Waals surface area contributed by atoms with Gasteiger partial charge in [0.1, 0.15) is 17.9 Å². The summed E-state index contributed by atoms with van der Waals surface area (Å²) < 4.78 is 32.3. The number of sulfonamides is 1. The van der Waals surface area contributed by atoms with Gasteiger partial charge in [0.25, 0.3) is 0 Å². The molecule has 10 nitrogen and oxygen atoms in total. The van der Waals surface area contributed by atoms with Gasteiger partial charge in [-0.3, -0.25) is 19.9 Å². The molecule has 1 aromatic carbocycles. The van der Waals surface area contributed by atoms with Crippen LogP contribution in [-0.4, -0.2) is 48.3 Å². The second-order valence-electron chi connectivity index (χ2n) is 7.57. The summed E-state index contributed by atoms with van der Waals surface area (Å²) in [5, 5.41) is 14.0. The van der Waals surface area contributed by atoms with E-state index in [2.05, 4.69) is 10.3 Å². The van der Waals surface area contributed by atoms with E-state index in [4.69, 9.17) is 4.74 Å². The molecule has 0 bridgehead atoms. The van der Waals surface area contributed by atoms with E-state index in [0.717, 1.165) is 16.1 Å². The van der Waals surface area contributed by atoms with Crippen LogP contribution < -0.4 is 5.32 Å². The Balaban J connectivity index is 0.00000544. The number of likely N-dealkylation sites (N-methyl/N-ethyl adjacent to an activating group) is 1. The fourth-order valence-electron chi connectivity index (χ4n) is 3.07. The zero-order valence-corrected chi connectivity index (χ0v) is 20.6. The first-order chi connectivity index (χ1) is 15.1. The van der Waals surface area contributed by atoms with Crippen molar-refractivity contribution in [2.24, 2.45) is 5.92 Å². The first kappa shape index (κ1) is 28.3. The lowest BCUT2D eigenvalue weighted by molar-refractivity contribution is -0.384. The highest BCUT2D eigenvalue weighted by Gasteiger charge is 2.34. The molecule has 12 heteroatoms. The summed E-state index contributed by atoms with van der Waals surface area (Å²) in [5.74, 6) is -0.486. The maximum atomic E-state index is 13.1. The highest BCUT2D eigenvalue weighted by molar-refractivity contribution is 7.89. The van der Waals surface area contributed by atoms with Crippen LogP contribution in [0.15, 0.2) is 47.6 Å². The molecule has 1 unspecified atom stereocenters. The molecular weight excluding hydrogens is 472 g/mol. The van der Waals surface area contributed by atoms with Crippen LogP contribution in [-0.2, 0) is 26.1 Å². The molecule has 182 valence electrons. The molecule has 1 atom stereocenters. The third-order valence-corrected chi connectivity index (χ3v) is 6.65. The maximum Gasteiger partial charge on any atom is 0.324 e. The number of rotatable bonds is 11. The molecule has 1 aromatic heterocycles. The zero-order chi connectivity index (χ0) is 23.9. The quantitative estimate of drug-likeness (QED) is 0.281. The van der Waals surface area contributed by atoms with Crippen molar-refractivity contribution in [1.82, 2.24) is 9.29 Å². The van der Waals surface area contributed by atoms with Gasteiger partial charge in [-0.05, 0) is 43.0 Å². The van der Waals surface area contributed by atoms with Gasteiger partial charge in [-0.2, -0.15) is 4.31 Å². The van der Waals surface area contributed by atoms with Crippen LogP contribution in [0.2, 0.25) is 0 Å². The van der Waals surface area contributed by atoms with Gasteiger partial charge < -0.3 is 10.1 Å². The molecule has 0 aliphatic rings. The summed E-state index contributed by atoms with van der Waals surface area (Å²) in [4.78, 5) is 26.7. The number of pyridine rings is 1. The molecule has 0 radical (unpaired) electrons. The average molecular weight is 501 g/mol. The van der Waals surface area contributed by atoms with Gasteiger partial charge in [0.15, 0.2) is 0 Å². The zero-order valence-electron chi connectivity index (χ0n) is 18.9. The smallest absolute Gasteiger partial charge is 0.324 e. The third kappa shape index (κ3) is 7.37. The Kier molecular flexibility index (Phi) is 10.7. The SMILES string of the molecule is CCOC(=O)C(CC(C)C)N(C)S(=O)(=O)c1ccc(CNc2ccncc2[N+](=O)[O-])cc1.Cl. The van der Waals surface area contributed by atoms with Gasteiger partial charge in [-0.15, -0.1) is 12.4 Å². The number of anilines is 1. The van der Waals surface area contributed by atoms with Crippen molar-refractivity contribution in [3.05, 3.63) is 58.4 Å². The first-order valence-electron chi connectivity index (χ1n) is 10.1. The molecule has 0 aliphatic carbocycles. The molecule has 2 rings (SSSR count). The minimum atomic E-state index is -3.93. The number of halogens is 1. The fourth-order valence-corrected chi connectivity index (χ4v) is 4.39. The van der Waals surface area contributed by atoms with Gasteiger partial charge in [-0.1, -0.05) is 26.0 Å². The van der Waals surface area contributed by atoms with Crippen LogP contribution in [0.1, 0.15) is 32.8 Å². The Morgan fingerprint density at radius 3 is 2.42 bits per heavy atom. The number of benzene rings is 1. The molecule has 0 saturated heterocycles. The molecule has 0 spiro atoms. The minimum Gasteiger partial charge on any atom is -0.465 e. The molecule has 0 saturated carbocycles. The number of hydrogen-bond donors (Lipinski definition) is 1. The molecule has 0 fully saturated rings. The Morgan fingerprint density at radius 1 is 1.24 bits per heavy atom. The van der Waals surface area contributed by atoms with E-state index in [-0.39, 0.29) is 42.1 Å². The Morgan fingerprint density at radius 2 is 1.88 bits per heavy atom. The van der Waals surface area contributed by atoms with Gasteiger partial charge in [0, 0.05) is 19.8 Å². The molecule has 1 heterocycles. The maximum absolute atomic E-state index is 13.1. The lowest BCUT2D eigenvalue weighted by Gasteiger charge is -2.27. The predicted molar refractivity (Wildman–Crippen MR) is 127 cm³/mol. The largest absolute Gasteiger partial charge is 0.465 e. The molecule has 1 N–H and O–H groups in total. The number of ether oxygens (including phenoxy) is 1. The third-order valence-electron chi connectivity index (χ3n) is 4.77. The summed E-state index contributed by atoms with van der Waals surface area (Å²) in [7, 11) is -2.56. The molecule has 2 aromatic rings. The number of aromatic nitrogens is 1. The van der Waals surface area contributed by atoms with Crippen molar-refractivity contribution in [2.45, 2.75) is 44.7 Å². The normalized spacial score (nSPS) is 12.2. The van der Waals surface area contributed by atoms with Crippen molar-refractivity contribution >= 4 is 39.8 Å². The van der Waals surface area contributed by atoms with E-state index in [0.29, 0.717) is 12.1 Å². The van der Waals surface area contributed by atoms with Crippen molar-refractivity contribution in [1.29, 1.82) is 0 Å².